The maximum atomic E-state index is 11.2. The molecule has 23 heavy (non-hydrogen) atoms. The summed E-state index contributed by atoms with van der Waals surface area (Å²) in [5.41, 5.74) is 2.46. The minimum Gasteiger partial charge on any atom is -0.487 e. The smallest absolute Gasteiger partial charge is 0.336 e. The summed E-state index contributed by atoms with van der Waals surface area (Å²) < 4.78 is 6.06. The molecule has 1 heterocycles. The van der Waals surface area contributed by atoms with Crippen LogP contribution in [0.25, 0.3) is 0 Å². The lowest BCUT2D eigenvalue weighted by atomic mass is 10.0. The summed E-state index contributed by atoms with van der Waals surface area (Å²) >= 11 is 0. The Morgan fingerprint density at radius 3 is 2.48 bits per heavy atom. The van der Waals surface area contributed by atoms with Crippen molar-refractivity contribution >= 4 is 5.97 Å². The van der Waals surface area contributed by atoms with Gasteiger partial charge >= 0.3 is 5.97 Å². The van der Waals surface area contributed by atoms with Gasteiger partial charge in [0.05, 0.1) is 5.56 Å². The molecule has 0 unspecified atom stereocenters. The van der Waals surface area contributed by atoms with Crippen LogP contribution < -0.4 is 4.74 Å². The second-order valence-electron chi connectivity index (χ2n) is 5.86. The summed E-state index contributed by atoms with van der Waals surface area (Å²) in [4.78, 5) is 13.5. The van der Waals surface area contributed by atoms with Crippen LogP contribution in [-0.4, -0.2) is 35.2 Å². The van der Waals surface area contributed by atoms with Gasteiger partial charge in [0.1, 0.15) is 11.9 Å². The molecule has 3 rings (SSSR count). The molecule has 1 aliphatic heterocycles. The Hall–Kier alpha value is -2.33. The number of likely N-dealkylation sites (tertiary alicyclic amines) is 1. The molecule has 120 valence electrons. The largest absolute Gasteiger partial charge is 0.487 e. The minimum atomic E-state index is -0.870. The lowest BCUT2D eigenvalue weighted by Gasteiger charge is -2.39. The van der Waals surface area contributed by atoms with E-state index >= 15 is 0 Å². The van der Waals surface area contributed by atoms with E-state index in [0.29, 0.717) is 12.1 Å². The number of aromatic carboxylic acids is 1. The summed E-state index contributed by atoms with van der Waals surface area (Å²) in [7, 11) is 0. The fourth-order valence-corrected chi connectivity index (χ4v) is 2.92. The van der Waals surface area contributed by atoms with Gasteiger partial charge in [0.25, 0.3) is 0 Å². The molecule has 0 radical (unpaired) electrons. The van der Waals surface area contributed by atoms with Gasteiger partial charge in [0, 0.05) is 19.6 Å². The summed E-state index contributed by atoms with van der Waals surface area (Å²) in [5, 5.41) is 9.23. The van der Waals surface area contributed by atoms with Crippen molar-refractivity contribution in [3.8, 4) is 5.75 Å². The van der Waals surface area contributed by atoms with Crippen molar-refractivity contribution < 1.29 is 14.6 Å². The van der Waals surface area contributed by atoms with Crippen molar-refractivity contribution in [2.24, 2.45) is 0 Å². The molecule has 0 aromatic heterocycles. The van der Waals surface area contributed by atoms with E-state index in [4.69, 9.17) is 4.74 Å². The molecule has 1 fully saturated rings. The predicted molar refractivity (Wildman–Crippen MR) is 88.9 cm³/mol. The molecular formula is C19H21NO3. The lowest BCUT2D eigenvalue weighted by molar-refractivity contribution is 0.0138. The van der Waals surface area contributed by atoms with Crippen LogP contribution in [0, 0.1) is 0 Å². The van der Waals surface area contributed by atoms with Crippen LogP contribution in [-0.2, 0) is 13.0 Å². The first-order valence-corrected chi connectivity index (χ1v) is 7.95. The highest BCUT2D eigenvalue weighted by Crippen LogP contribution is 2.24. The van der Waals surface area contributed by atoms with E-state index in [-0.39, 0.29) is 6.10 Å². The summed E-state index contributed by atoms with van der Waals surface area (Å²) in [6, 6.07) is 15.3. The fourth-order valence-electron chi connectivity index (χ4n) is 2.92. The number of carbonyl (C=O) groups is 1. The molecule has 0 bridgehead atoms. The second-order valence-corrected chi connectivity index (χ2v) is 5.86. The Bertz CT molecular complexity index is 693. The topological polar surface area (TPSA) is 49.8 Å². The number of carboxylic acids is 1. The first kappa shape index (κ1) is 15.6. The van der Waals surface area contributed by atoms with Crippen LogP contribution in [0.15, 0.2) is 48.5 Å². The van der Waals surface area contributed by atoms with Crippen molar-refractivity contribution in [2.75, 3.05) is 13.1 Å². The number of ether oxygens (including phenoxy) is 1. The van der Waals surface area contributed by atoms with E-state index in [1.807, 2.05) is 30.3 Å². The Morgan fingerprint density at radius 1 is 1.13 bits per heavy atom. The van der Waals surface area contributed by atoms with Crippen LogP contribution >= 0.6 is 0 Å². The number of nitrogens with zero attached hydrogens (tertiary/aromatic N) is 1. The monoisotopic (exact) mass is 311 g/mol. The third-order valence-corrected chi connectivity index (χ3v) is 4.21. The third kappa shape index (κ3) is 3.54. The standard InChI is InChI=1S/C19H21NO3/c1-2-14-7-4-6-10-18(14)23-16-12-20(13-16)11-15-8-3-5-9-17(15)19(21)22/h3-10,16H,2,11-13H2,1H3,(H,21,22). The number of hydrogen-bond donors (Lipinski definition) is 1. The van der Waals surface area contributed by atoms with E-state index in [1.165, 1.54) is 5.56 Å². The molecule has 1 N–H and O–H groups in total. The van der Waals surface area contributed by atoms with E-state index in [1.54, 1.807) is 12.1 Å². The molecule has 0 aliphatic carbocycles. The molecule has 0 spiro atoms. The van der Waals surface area contributed by atoms with Crippen LogP contribution in [0.1, 0.15) is 28.4 Å². The average Bonchev–Trinajstić information content (AvgIpc) is 2.53. The summed E-state index contributed by atoms with van der Waals surface area (Å²) in [6.07, 6.45) is 1.14. The minimum absolute atomic E-state index is 0.180. The number of aryl methyl sites for hydroxylation is 1. The highest BCUT2D eigenvalue weighted by Gasteiger charge is 2.29. The van der Waals surface area contributed by atoms with Gasteiger partial charge in [-0.2, -0.15) is 0 Å². The second kappa shape index (κ2) is 6.84. The third-order valence-electron chi connectivity index (χ3n) is 4.21. The summed E-state index contributed by atoms with van der Waals surface area (Å²) in [5.74, 6) is 0.0939. The Balaban J connectivity index is 1.57. The highest BCUT2D eigenvalue weighted by molar-refractivity contribution is 5.89. The van der Waals surface area contributed by atoms with Crippen molar-refractivity contribution in [3.05, 3.63) is 65.2 Å². The van der Waals surface area contributed by atoms with Gasteiger partial charge in [-0.3, -0.25) is 4.90 Å². The molecule has 4 nitrogen and oxygen atoms in total. The Kier molecular flexibility index (Phi) is 4.63. The maximum Gasteiger partial charge on any atom is 0.336 e. The van der Waals surface area contributed by atoms with E-state index < -0.39 is 5.97 Å². The van der Waals surface area contributed by atoms with Crippen molar-refractivity contribution in [1.29, 1.82) is 0 Å². The Morgan fingerprint density at radius 2 is 1.78 bits per heavy atom. The highest BCUT2D eigenvalue weighted by atomic mass is 16.5. The fraction of sp³-hybridized carbons (Fsp3) is 0.316. The van der Waals surface area contributed by atoms with Crippen LogP contribution in [0.4, 0.5) is 0 Å². The first-order valence-electron chi connectivity index (χ1n) is 7.95. The van der Waals surface area contributed by atoms with Crippen LogP contribution in [0.3, 0.4) is 0 Å². The zero-order valence-electron chi connectivity index (χ0n) is 13.2. The molecule has 1 aliphatic rings. The molecule has 4 heteroatoms. The normalized spacial score (nSPS) is 15.2. The van der Waals surface area contributed by atoms with Crippen molar-refractivity contribution in [3.63, 3.8) is 0 Å². The molecule has 0 amide bonds. The maximum absolute atomic E-state index is 11.2. The quantitative estimate of drug-likeness (QED) is 0.890. The number of hydrogen-bond acceptors (Lipinski definition) is 3. The van der Waals surface area contributed by atoms with Crippen molar-refractivity contribution in [1.82, 2.24) is 4.90 Å². The number of carboxylic acid groups (broad SMARTS) is 1. The number of rotatable bonds is 6. The van der Waals surface area contributed by atoms with Crippen LogP contribution in [0.5, 0.6) is 5.75 Å². The number of para-hydroxylation sites is 1. The van der Waals surface area contributed by atoms with Crippen molar-refractivity contribution in [2.45, 2.75) is 26.0 Å². The van der Waals surface area contributed by atoms with E-state index in [2.05, 4.69) is 17.9 Å². The molecule has 0 saturated carbocycles. The lowest BCUT2D eigenvalue weighted by Crippen LogP contribution is -2.53. The molecule has 1 saturated heterocycles. The van der Waals surface area contributed by atoms with Gasteiger partial charge < -0.3 is 9.84 Å². The Labute approximate surface area is 136 Å². The zero-order chi connectivity index (χ0) is 16.2. The van der Waals surface area contributed by atoms with E-state index in [0.717, 1.165) is 30.8 Å². The van der Waals surface area contributed by atoms with Crippen LogP contribution in [0.2, 0.25) is 0 Å². The molecular weight excluding hydrogens is 290 g/mol. The molecule has 2 aromatic carbocycles. The number of benzene rings is 2. The first-order chi connectivity index (χ1) is 11.2. The summed E-state index contributed by atoms with van der Waals surface area (Å²) in [6.45, 7) is 4.42. The van der Waals surface area contributed by atoms with E-state index in [9.17, 15) is 9.90 Å². The van der Waals surface area contributed by atoms with Gasteiger partial charge in [0.2, 0.25) is 0 Å². The predicted octanol–water partition coefficient (Wildman–Crippen LogP) is 3.21. The zero-order valence-corrected chi connectivity index (χ0v) is 13.2. The van der Waals surface area contributed by atoms with Gasteiger partial charge in [-0.1, -0.05) is 43.3 Å². The van der Waals surface area contributed by atoms with Gasteiger partial charge in [-0.05, 0) is 29.7 Å². The SMILES string of the molecule is CCc1ccccc1OC1CN(Cc2ccccc2C(=O)O)C1. The molecule has 0 atom stereocenters. The van der Waals surface area contributed by atoms with Gasteiger partial charge in [-0.15, -0.1) is 0 Å². The van der Waals surface area contributed by atoms with Gasteiger partial charge in [0.15, 0.2) is 0 Å². The average molecular weight is 311 g/mol. The van der Waals surface area contributed by atoms with Gasteiger partial charge in [-0.25, -0.2) is 4.79 Å². The molecule has 2 aromatic rings.